The van der Waals surface area contributed by atoms with Crippen LogP contribution in [0.25, 0.3) is 0 Å². The van der Waals surface area contributed by atoms with E-state index in [0.29, 0.717) is 25.7 Å². The molecule has 3 unspecified atom stereocenters. The molecule has 3 atom stereocenters. The Bertz CT molecular complexity index is 1760. The smallest absolute Gasteiger partial charge is 0.462 e. The number of phosphoric ester groups is 1. The lowest BCUT2D eigenvalue weighted by molar-refractivity contribution is -0.161. The number of hydrogen-bond acceptors (Lipinski definition) is 10. The van der Waals surface area contributed by atoms with E-state index in [9.17, 15) is 28.9 Å². The predicted molar refractivity (Wildman–Crippen MR) is 334 cm³/mol. The molecule has 0 aliphatic carbocycles. The lowest BCUT2D eigenvalue weighted by atomic mass is 10.1. The van der Waals surface area contributed by atoms with Crippen LogP contribution < -0.4 is 0 Å². The highest BCUT2D eigenvalue weighted by atomic mass is 31.2. The molecular weight excluding hydrogens is 1020 g/mol. The molecule has 80 heavy (non-hydrogen) atoms. The summed E-state index contributed by atoms with van der Waals surface area (Å²) in [6.07, 6.45) is 74.8. The molecule has 0 heterocycles. The minimum Gasteiger partial charge on any atom is -0.462 e. The summed E-state index contributed by atoms with van der Waals surface area (Å²) >= 11 is 0. The van der Waals surface area contributed by atoms with Gasteiger partial charge in [-0.25, -0.2) is 4.57 Å². The highest BCUT2D eigenvalue weighted by Crippen LogP contribution is 2.43. The average molecular weight is 1140 g/mol. The molecule has 0 aromatic carbocycles. The van der Waals surface area contributed by atoms with Gasteiger partial charge in [-0.2, -0.15) is 0 Å². The van der Waals surface area contributed by atoms with Crippen molar-refractivity contribution in [1.29, 1.82) is 0 Å². The van der Waals surface area contributed by atoms with Gasteiger partial charge in [0.25, 0.3) is 0 Å². The lowest BCUT2D eigenvalue weighted by Crippen LogP contribution is -2.30. The Hall–Kier alpha value is -3.86. The molecule has 0 spiro atoms. The summed E-state index contributed by atoms with van der Waals surface area (Å²) in [5, 5.41) is 9.84. The first-order valence-electron chi connectivity index (χ1n) is 31.8. The molecule has 0 saturated heterocycles. The second kappa shape index (κ2) is 61.2. The fraction of sp³-hybridized carbons (Fsp3) is 0.691. The SMILES string of the molecule is CC/C=C\C/C=C\C/C=C\C/C=C\C/C=C\C/C=C\CCC(=O)OC(COC(=O)CCCCCCCCCCC/C=C\CCCCCCCC)COP(=O)(O)OCC(CO)OC(=O)CCCCCCC/C=C\C/C=C\CCCCC. The fourth-order valence-corrected chi connectivity index (χ4v) is 9.13. The van der Waals surface area contributed by atoms with Crippen molar-refractivity contribution in [2.45, 2.75) is 277 Å². The van der Waals surface area contributed by atoms with Gasteiger partial charge in [-0.15, -0.1) is 0 Å². The number of carbonyl (C=O) groups excluding carboxylic acids is 3. The van der Waals surface area contributed by atoms with Gasteiger partial charge in [-0.3, -0.25) is 23.4 Å². The maximum atomic E-state index is 12.9. The van der Waals surface area contributed by atoms with E-state index in [1.165, 1.54) is 103 Å². The molecule has 0 fully saturated rings. The van der Waals surface area contributed by atoms with Crippen LogP contribution in [-0.4, -0.2) is 66.5 Å². The third-order valence-electron chi connectivity index (χ3n) is 13.2. The number of aliphatic hydroxyl groups is 1. The van der Waals surface area contributed by atoms with E-state index >= 15 is 0 Å². The molecule has 0 bridgehead atoms. The van der Waals surface area contributed by atoms with Crippen molar-refractivity contribution in [1.82, 2.24) is 0 Å². The van der Waals surface area contributed by atoms with Crippen molar-refractivity contribution < 1.29 is 52.2 Å². The van der Waals surface area contributed by atoms with Gasteiger partial charge in [0.05, 0.1) is 19.8 Å². The fourth-order valence-electron chi connectivity index (χ4n) is 8.35. The molecule has 0 saturated carbocycles. The molecule has 2 N–H and O–H groups in total. The first-order chi connectivity index (χ1) is 39.2. The molecule has 0 aliphatic rings. The maximum Gasteiger partial charge on any atom is 0.472 e. The Balaban J connectivity index is 4.83. The van der Waals surface area contributed by atoms with Gasteiger partial charge in [0.2, 0.25) is 0 Å². The van der Waals surface area contributed by atoms with Gasteiger partial charge in [0.15, 0.2) is 6.10 Å². The van der Waals surface area contributed by atoms with Crippen LogP contribution in [0.1, 0.15) is 265 Å². The molecule has 11 nitrogen and oxygen atoms in total. The monoisotopic (exact) mass is 1140 g/mol. The Morgan fingerprint density at radius 3 is 1.11 bits per heavy atom. The first-order valence-corrected chi connectivity index (χ1v) is 33.3. The van der Waals surface area contributed by atoms with Crippen molar-refractivity contribution in [3.8, 4) is 0 Å². The average Bonchev–Trinajstić information content (AvgIpc) is 3.45. The molecule has 12 heteroatoms. The van der Waals surface area contributed by atoms with Crippen LogP contribution in [0.2, 0.25) is 0 Å². The third-order valence-corrected chi connectivity index (χ3v) is 14.1. The Morgan fingerprint density at radius 2 is 0.675 bits per heavy atom. The minimum absolute atomic E-state index is 0.0370. The van der Waals surface area contributed by atoms with Crippen molar-refractivity contribution in [3.05, 3.63) is 109 Å². The molecular formula is C68H115O11P. The Labute approximate surface area is 488 Å². The van der Waals surface area contributed by atoms with Gasteiger partial charge >= 0.3 is 25.7 Å². The standard InChI is InChI=1S/C68H115O11P/c1-4-7-10-13-16-19-22-25-28-30-32-34-37-39-42-45-48-51-54-57-66(70)75-61-65(79-68(72)59-56-53-50-47-44-41-38-35-33-31-29-26-23-20-17-14-11-8-5-2)63-77-80(73,74)76-62-64(60-69)78-67(71)58-55-52-49-46-43-40-36-27-24-21-18-15-12-9-6-3/h8,11,17-18,20-21,25-29,33,35-36,41,44,50,53,64-65,69H,4-7,9-10,12-16,19,22-24,30-32,34,37-40,42-43,45-49,51-52,54-63H2,1-3H3,(H,73,74)/b11-8-,20-17-,21-18-,28-25-,29-26-,35-33-,36-27-,44-41-,53-50-. The van der Waals surface area contributed by atoms with E-state index in [-0.39, 0.29) is 25.9 Å². The second-order valence-electron chi connectivity index (χ2n) is 20.8. The van der Waals surface area contributed by atoms with Crippen molar-refractivity contribution in [3.63, 3.8) is 0 Å². The largest absolute Gasteiger partial charge is 0.472 e. The first kappa shape index (κ1) is 76.1. The summed E-state index contributed by atoms with van der Waals surface area (Å²) in [5.41, 5.74) is 0. The summed E-state index contributed by atoms with van der Waals surface area (Å²) in [6.45, 7) is 4.42. The van der Waals surface area contributed by atoms with Crippen molar-refractivity contribution >= 4 is 25.7 Å². The van der Waals surface area contributed by atoms with Gasteiger partial charge in [-0.05, 0) is 116 Å². The van der Waals surface area contributed by atoms with Crippen LogP contribution in [0.15, 0.2) is 109 Å². The molecule has 0 radical (unpaired) electrons. The molecule has 0 aliphatic heterocycles. The lowest BCUT2D eigenvalue weighted by Gasteiger charge is -2.21. The Morgan fingerprint density at radius 1 is 0.362 bits per heavy atom. The summed E-state index contributed by atoms with van der Waals surface area (Å²) in [4.78, 5) is 48.7. The van der Waals surface area contributed by atoms with Crippen LogP contribution in [0, 0.1) is 0 Å². The highest BCUT2D eigenvalue weighted by Gasteiger charge is 2.28. The molecule has 0 amide bonds. The number of phosphoric acid groups is 1. The van der Waals surface area contributed by atoms with E-state index in [1.54, 1.807) is 0 Å². The zero-order valence-electron chi connectivity index (χ0n) is 50.8. The van der Waals surface area contributed by atoms with E-state index in [1.807, 2.05) is 12.2 Å². The van der Waals surface area contributed by atoms with Crippen molar-refractivity contribution in [2.24, 2.45) is 0 Å². The number of aliphatic hydroxyl groups excluding tert-OH is 1. The van der Waals surface area contributed by atoms with E-state index < -0.39 is 57.8 Å². The number of carbonyl (C=O) groups is 3. The van der Waals surface area contributed by atoms with E-state index in [2.05, 4.69) is 118 Å². The summed E-state index contributed by atoms with van der Waals surface area (Å²) in [5.74, 6) is -1.58. The minimum atomic E-state index is -4.78. The van der Waals surface area contributed by atoms with Crippen LogP contribution in [0.3, 0.4) is 0 Å². The molecule has 0 rings (SSSR count). The van der Waals surface area contributed by atoms with Gasteiger partial charge in [-0.1, -0.05) is 239 Å². The number of ether oxygens (including phenoxy) is 3. The van der Waals surface area contributed by atoms with Crippen LogP contribution in [-0.2, 0) is 42.2 Å². The molecule has 458 valence electrons. The quantitative estimate of drug-likeness (QED) is 0.0197. The summed E-state index contributed by atoms with van der Waals surface area (Å²) in [7, 11) is -4.78. The van der Waals surface area contributed by atoms with Crippen molar-refractivity contribution in [2.75, 3.05) is 26.4 Å². The normalized spacial score (nSPS) is 14.0. The van der Waals surface area contributed by atoms with Crippen LogP contribution in [0.4, 0.5) is 0 Å². The van der Waals surface area contributed by atoms with Crippen LogP contribution >= 0.6 is 7.82 Å². The van der Waals surface area contributed by atoms with Gasteiger partial charge < -0.3 is 24.2 Å². The van der Waals surface area contributed by atoms with Crippen LogP contribution in [0.5, 0.6) is 0 Å². The second-order valence-corrected chi connectivity index (χ2v) is 22.3. The summed E-state index contributed by atoms with van der Waals surface area (Å²) < 4.78 is 39.6. The highest BCUT2D eigenvalue weighted by molar-refractivity contribution is 7.47. The zero-order chi connectivity index (χ0) is 58.3. The van der Waals surface area contributed by atoms with E-state index in [4.69, 9.17) is 23.3 Å². The topological polar surface area (TPSA) is 155 Å². The number of rotatable bonds is 58. The number of esters is 3. The van der Waals surface area contributed by atoms with Gasteiger partial charge in [0, 0.05) is 19.3 Å². The third kappa shape index (κ3) is 58.8. The Kier molecular flexibility index (Phi) is 58.3. The summed E-state index contributed by atoms with van der Waals surface area (Å²) in [6, 6.07) is 0. The molecule has 0 aromatic rings. The zero-order valence-corrected chi connectivity index (χ0v) is 51.7. The maximum absolute atomic E-state index is 12.9. The number of hydrogen-bond donors (Lipinski definition) is 2. The number of allylic oxidation sites excluding steroid dienone is 18. The predicted octanol–water partition coefficient (Wildman–Crippen LogP) is 19.4. The number of unbranched alkanes of at least 4 members (excludes halogenated alkanes) is 23. The van der Waals surface area contributed by atoms with E-state index in [0.717, 1.165) is 96.3 Å². The molecule has 0 aromatic heterocycles. The van der Waals surface area contributed by atoms with Gasteiger partial charge in [0.1, 0.15) is 12.7 Å².